The number of imidazole rings is 1. The molecule has 0 spiro atoms. The molecule has 0 aliphatic heterocycles. The van der Waals surface area contributed by atoms with E-state index in [0.717, 1.165) is 5.56 Å². The van der Waals surface area contributed by atoms with Crippen LogP contribution in [0.2, 0.25) is 0 Å². The molecule has 3 aromatic heterocycles. The Balaban J connectivity index is 1.64. The monoisotopic (exact) mass is 454 g/mol. The number of hydrogen-bond acceptors (Lipinski definition) is 5. The SMILES string of the molecule is Cc1nc2c(OCc3c(F)cccc3F)cccn2c1C(=O)CC(C)(CO)c1cnn(C)c1. The lowest BCUT2D eigenvalue weighted by Gasteiger charge is -2.25. The lowest BCUT2D eigenvalue weighted by Crippen LogP contribution is -2.30. The highest BCUT2D eigenvalue weighted by Crippen LogP contribution is 2.31. The molecule has 0 aliphatic rings. The number of benzene rings is 1. The molecular formula is C24H24F2N4O3. The van der Waals surface area contributed by atoms with Gasteiger partial charge in [0.05, 0.1) is 24.1 Å². The van der Waals surface area contributed by atoms with Gasteiger partial charge in [-0.2, -0.15) is 5.10 Å². The Morgan fingerprint density at radius 3 is 2.58 bits per heavy atom. The zero-order valence-corrected chi connectivity index (χ0v) is 18.5. The van der Waals surface area contributed by atoms with Crippen molar-refractivity contribution >= 4 is 11.4 Å². The number of aryl methyl sites for hydroxylation is 2. The van der Waals surface area contributed by atoms with Gasteiger partial charge in [0.25, 0.3) is 0 Å². The van der Waals surface area contributed by atoms with Crippen LogP contribution < -0.4 is 4.74 Å². The Morgan fingerprint density at radius 2 is 1.94 bits per heavy atom. The first-order valence-corrected chi connectivity index (χ1v) is 10.4. The van der Waals surface area contributed by atoms with Gasteiger partial charge in [-0.05, 0) is 36.8 Å². The quantitative estimate of drug-likeness (QED) is 0.410. The number of hydrogen-bond donors (Lipinski definition) is 1. The molecule has 172 valence electrons. The number of aromatic nitrogens is 4. The predicted octanol–water partition coefficient (Wildman–Crippen LogP) is 3.76. The summed E-state index contributed by atoms with van der Waals surface area (Å²) < 4.78 is 36.8. The first-order chi connectivity index (χ1) is 15.7. The number of aliphatic hydroxyl groups excluding tert-OH is 1. The van der Waals surface area contributed by atoms with E-state index in [1.54, 1.807) is 60.7 Å². The molecule has 4 rings (SSSR count). The highest BCUT2D eigenvalue weighted by atomic mass is 19.1. The smallest absolute Gasteiger partial charge is 0.182 e. The van der Waals surface area contributed by atoms with Crippen LogP contribution in [0, 0.1) is 18.6 Å². The van der Waals surface area contributed by atoms with Crippen molar-refractivity contribution in [3.05, 3.63) is 83.1 Å². The van der Waals surface area contributed by atoms with Crippen LogP contribution in [0.15, 0.2) is 48.9 Å². The minimum Gasteiger partial charge on any atom is -0.485 e. The molecule has 3 heterocycles. The van der Waals surface area contributed by atoms with E-state index < -0.39 is 17.0 Å². The van der Waals surface area contributed by atoms with Crippen molar-refractivity contribution < 1.29 is 23.4 Å². The molecule has 7 nitrogen and oxygen atoms in total. The van der Waals surface area contributed by atoms with Crippen LogP contribution in [0.3, 0.4) is 0 Å². The molecule has 1 unspecified atom stereocenters. The van der Waals surface area contributed by atoms with E-state index in [9.17, 15) is 18.7 Å². The largest absolute Gasteiger partial charge is 0.485 e. The third kappa shape index (κ3) is 4.23. The summed E-state index contributed by atoms with van der Waals surface area (Å²) >= 11 is 0. The molecular weight excluding hydrogens is 430 g/mol. The minimum atomic E-state index is -0.821. The predicted molar refractivity (Wildman–Crippen MR) is 117 cm³/mol. The van der Waals surface area contributed by atoms with Crippen molar-refractivity contribution in [3.63, 3.8) is 0 Å². The minimum absolute atomic E-state index is 0.0371. The van der Waals surface area contributed by atoms with Gasteiger partial charge in [-0.15, -0.1) is 0 Å². The molecule has 1 atom stereocenters. The molecule has 9 heteroatoms. The average molecular weight is 454 g/mol. The van der Waals surface area contributed by atoms with Gasteiger partial charge < -0.3 is 9.84 Å². The number of rotatable bonds is 8. The van der Waals surface area contributed by atoms with Crippen LogP contribution in [0.1, 0.15) is 40.7 Å². The summed E-state index contributed by atoms with van der Waals surface area (Å²) in [4.78, 5) is 17.8. The highest BCUT2D eigenvalue weighted by Gasteiger charge is 2.32. The zero-order chi connectivity index (χ0) is 23.8. The van der Waals surface area contributed by atoms with Crippen LogP contribution in [0.4, 0.5) is 8.78 Å². The van der Waals surface area contributed by atoms with Gasteiger partial charge in [0.15, 0.2) is 17.2 Å². The van der Waals surface area contributed by atoms with Crippen LogP contribution >= 0.6 is 0 Å². The molecule has 0 radical (unpaired) electrons. The second-order valence-corrected chi connectivity index (χ2v) is 8.32. The molecule has 0 aliphatic carbocycles. The van der Waals surface area contributed by atoms with Gasteiger partial charge in [0, 0.05) is 31.3 Å². The number of nitrogens with zero attached hydrogens (tertiary/aromatic N) is 4. The second kappa shape index (κ2) is 8.74. The number of ketones is 1. The lowest BCUT2D eigenvalue weighted by atomic mass is 9.80. The first-order valence-electron chi connectivity index (χ1n) is 10.4. The van der Waals surface area contributed by atoms with E-state index in [0.29, 0.717) is 22.8 Å². The molecule has 0 saturated carbocycles. The van der Waals surface area contributed by atoms with E-state index in [2.05, 4.69) is 10.1 Å². The van der Waals surface area contributed by atoms with Crippen molar-refractivity contribution in [2.45, 2.75) is 32.3 Å². The molecule has 0 bridgehead atoms. The van der Waals surface area contributed by atoms with Gasteiger partial charge in [0.1, 0.15) is 23.9 Å². The fourth-order valence-corrected chi connectivity index (χ4v) is 3.85. The number of carbonyl (C=O) groups is 1. The van der Waals surface area contributed by atoms with Crippen LogP contribution in [0.25, 0.3) is 5.65 Å². The number of fused-ring (bicyclic) bond motifs is 1. The van der Waals surface area contributed by atoms with Gasteiger partial charge >= 0.3 is 0 Å². The molecule has 33 heavy (non-hydrogen) atoms. The van der Waals surface area contributed by atoms with Gasteiger partial charge in [-0.3, -0.25) is 13.9 Å². The maximum absolute atomic E-state index is 14.0. The molecule has 0 amide bonds. The number of carbonyl (C=O) groups excluding carboxylic acids is 1. The standard InChI is InChI=1S/C24H24F2N4O3/c1-15-22(20(32)10-24(2,14-31)16-11-27-29(3)12-16)30-9-5-8-21(23(30)28-15)33-13-17-18(25)6-4-7-19(17)26/h4-9,11-12,31H,10,13-14H2,1-3H3. The second-order valence-electron chi connectivity index (χ2n) is 8.32. The fourth-order valence-electron chi connectivity index (χ4n) is 3.85. The summed E-state index contributed by atoms with van der Waals surface area (Å²) in [7, 11) is 1.77. The number of aliphatic hydroxyl groups is 1. The highest BCUT2D eigenvalue weighted by molar-refractivity contribution is 5.97. The summed E-state index contributed by atoms with van der Waals surface area (Å²) in [6, 6.07) is 6.92. The maximum Gasteiger partial charge on any atom is 0.182 e. The van der Waals surface area contributed by atoms with Crippen molar-refractivity contribution in [1.82, 2.24) is 19.2 Å². The Hall–Kier alpha value is -3.59. The van der Waals surface area contributed by atoms with Gasteiger partial charge in [-0.25, -0.2) is 13.8 Å². The molecule has 4 aromatic rings. The Morgan fingerprint density at radius 1 is 1.21 bits per heavy atom. The van der Waals surface area contributed by atoms with Crippen molar-refractivity contribution in [2.24, 2.45) is 7.05 Å². The maximum atomic E-state index is 14.0. The van der Waals surface area contributed by atoms with E-state index in [-0.39, 0.29) is 31.0 Å². The fraction of sp³-hybridized carbons (Fsp3) is 0.292. The van der Waals surface area contributed by atoms with Crippen LogP contribution in [-0.2, 0) is 19.1 Å². The summed E-state index contributed by atoms with van der Waals surface area (Å²) in [5.74, 6) is -1.32. The molecule has 1 N–H and O–H groups in total. The van der Waals surface area contributed by atoms with E-state index in [4.69, 9.17) is 4.74 Å². The molecule has 0 saturated heterocycles. The van der Waals surface area contributed by atoms with Crippen LogP contribution in [0.5, 0.6) is 5.75 Å². The third-order valence-corrected chi connectivity index (χ3v) is 5.79. The van der Waals surface area contributed by atoms with Crippen LogP contribution in [-0.4, -0.2) is 36.7 Å². The molecule has 0 fully saturated rings. The van der Waals surface area contributed by atoms with Crippen molar-refractivity contribution in [1.29, 1.82) is 0 Å². The van der Waals surface area contributed by atoms with Gasteiger partial charge in [-0.1, -0.05) is 13.0 Å². The van der Waals surface area contributed by atoms with Gasteiger partial charge in [0.2, 0.25) is 0 Å². The first kappa shape index (κ1) is 22.6. The average Bonchev–Trinajstić information content (AvgIpc) is 3.36. The zero-order valence-electron chi connectivity index (χ0n) is 18.5. The Labute approximate surface area is 189 Å². The summed E-state index contributed by atoms with van der Waals surface area (Å²) in [6.45, 7) is 2.96. The third-order valence-electron chi connectivity index (χ3n) is 5.79. The summed E-state index contributed by atoms with van der Waals surface area (Å²) in [5.41, 5.74) is 0.952. The van der Waals surface area contributed by atoms with Crippen molar-refractivity contribution in [3.8, 4) is 5.75 Å². The number of Topliss-reactive ketones (excluding diaryl/α,β-unsaturated/α-hetero) is 1. The Bertz CT molecular complexity index is 1310. The number of ether oxygens (including phenoxy) is 1. The lowest BCUT2D eigenvalue weighted by molar-refractivity contribution is 0.0912. The van der Waals surface area contributed by atoms with E-state index in [1.807, 2.05) is 0 Å². The van der Waals surface area contributed by atoms with E-state index in [1.165, 1.54) is 18.2 Å². The molecule has 1 aromatic carbocycles. The number of halogens is 2. The van der Waals surface area contributed by atoms with E-state index >= 15 is 0 Å². The Kier molecular flexibility index (Phi) is 5.99. The summed E-state index contributed by atoms with van der Waals surface area (Å²) in [5, 5.41) is 14.2. The number of pyridine rings is 1. The normalized spacial score (nSPS) is 13.3. The van der Waals surface area contributed by atoms with Crippen molar-refractivity contribution in [2.75, 3.05) is 6.61 Å². The summed E-state index contributed by atoms with van der Waals surface area (Å²) in [6.07, 6.45) is 5.13. The topological polar surface area (TPSA) is 81.7 Å².